The van der Waals surface area contributed by atoms with Crippen molar-refractivity contribution in [3.63, 3.8) is 0 Å². The first-order valence-corrected chi connectivity index (χ1v) is 7.32. The fraction of sp³-hybridized carbons (Fsp3) is 0.714. The Labute approximate surface area is 120 Å². The highest BCUT2D eigenvalue weighted by molar-refractivity contribution is 5.88. The van der Waals surface area contributed by atoms with Crippen LogP contribution in [0.4, 0.5) is 10.6 Å². The van der Waals surface area contributed by atoms with E-state index >= 15 is 0 Å². The van der Waals surface area contributed by atoms with Crippen LogP contribution in [0, 0.1) is 12.8 Å². The number of rotatable bonds is 4. The normalized spacial score (nSPS) is 19.9. The second-order valence-corrected chi connectivity index (χ2v) is 5.72. The predicted molar refractivity (Wildman–Crippen MR) is 79.8 cm³/mol. The van der Waals surface area contributed by atoms with Gasteiger partial charge in [-0.15, -0.1) is 0 Å². The van der Waals surface area contributed by atoms with Crippen molar-refractivity contribution in [2.24, 2.45) is 13.0 Å². The quantitative estimate of drug-likeness (QED) is 0.879. The van der Waals surface area contributed by atoms with Gasteiger partial charge in [-0.2, -0.15) is 5.10 Å². The molecule has 1 aliphatic rings. The average Bonchev–Trinajstić information content (AvgIpc) is 2.68. The molecule has 0 radical (unpaired) electrons. The maximum atomic E-state index is 11.8. The second kappa shape index (κ2) is 6.74. The van der Waals surface area contributed by atoms with Crippen molar-refractivity contribution in [3.05, 3.63) is 11.8 Å². The van der Waals surface area contributed by atoms with Crippen LogP contribution < -0.4 is 10.6 Å². The van der Waals surface area contributed by atoms with Crippen LogP contribution in [-0.2, 0) is 7.05 Å². The van der Waals surface area contributed by atoms with Gasteiger partial charge in [0, 0.05) is 32.7 Å². The first-order valence-electron chi connectivity index (χ1n) is 7.32. The molecule has 1 fully saturated rings. The highest BCUT2D eigenvalue weighted by Crippen LogP contribution is 2.14. The number of hydrogen-bond donors (Lipinski definition) is 2. The second-order valence-electron chi connectivity index (χ2n) is 5.72. The van der Waals surface area contributed by atoms with Gasteiger partial charge in [0.05, 0.1) is 5.69 Å². The molecule has 2 heterocycles. The number of likely N-dealkylation sites (tertiary alicyclic amines) is 1. The van der Waals surface area contributed by atoms with Crippen molar-refractivity contribution >= 4 is 11.8 Å². The molecule has 2 amide bonds. The van der Waals surface area contributed by atoms with Crippen LogP contribution in [0.1, 0.15) is 25.5 Å². The number of urea groups is 1. The minimum absolute atomic E-state index is 0.168. The van der Waals surface area contributed by atoms with Gasteiger partial charge < -0.3 is 10.2 Å². The Morgan fingerprint density at radius 1 is 1.55 bits per heavy atom. The molecule has 0 aliphatic carbocycles. The third-order valence-corrected chi connectivity index (χ3v) is 3.70. The summed E-state index contributed by atoms with van der Waals surface area (Å²) < 4.78 is 1.67. The highest BCUT2D eigenvalue weighted by Gasteiger charge is 2.15. The Morgan fingerprint density at radius 3 is 3.00 bits per heavy atom. The van der Waals surface area contributed by atoms with Crippen molar-refractivity contribution in [2.45, 2.75) is 26.7 Å². The number of aromatic nitrogens is 2. The summed E-state index contributed by atoms with van der Waals surface area (Å²) in [6.07, 6.45) is 2.59. The number of aryl methyl sites for hydroxylation is 2. The molecule has 0 saturated carbocycles. The van der Waals surface area contributed by atoms with E-state index in [-0.39, 0.29) is 6.03 Å². The van der Waals surface area contributed by atoms with Crippen LogP contribution in [0.2, 0.25) is 0 Å². The van der Waals surface area contributed by atoms with Crippen LogP contribution in [0.5, 0.6) is 0 Å². The van der Waals surface area contributed by atoms with Crippen molar-refractivity contribution < 1.29 is 4.79 Å². The minimum Gasteiger partial charge on any atom is -0.337 e. The van der Waals surface area contributed by atoms with E-state index < -0.39 is 0 Å². The first-order chi connectivity index (χ1) is 9.54. The third kappa shape index (κ3) is 4.23. The van der Waals surface area contributed by atoms with Gasteiger partial charge in [-0.3, -0.25) is 10.00 Å². The first kappa shape index (κ1) is 14.8. The van der Waals surface area contributed by atoms with Crippen molar-refractivity contribution in [2.75, 3.05) is 31.5 Å². The topological polar surface area (TPSA) is 62.2 Å². The molecule has 0 spiro atoms. The van der Waals surface area contributed by atoms with Crippen LogP contribution in [-0.4, -0.2) is 46.9 Å². The molecule has 20 heavy (non-hydrogen) atoms. The minimum atomic E-state index is -0.168. The standard InChI is InChI=1S/C14H25N5O/c1-11-5-4-7-19(10-11)8-6-15-14(20)16-13-9-12(2)17-18(13)3/h9,11H,4-8,10H2,1-3H3,(H2,15,16,20)/t11-/m1/s1. The molecule has 1 aliphatic heterocycles. The predicted octanol–water partition coefficient (Wildman–Crippen LogP) is 1.58. The van der Waals surface area contributed by atoms with Gasteiger partial charge in [-0.05, 0) is 32.2 Å². The molecule has 1 aromatic heterocycles. The lowest BCUT2D eigenvalue weighted by atomic mass is 10.0. The van der Waals surface area contributed by atoms with E-state index in [0.29, 0.717) is 12.4 Å². The zero-order valence-corrected chi connectivity index (χ0v) is 12.6. The summed E-state index contributed by atoms with van der Waals surface area (Å²) in [6.45, 7) is 8.08. The number of nitrogens with one attached hydrogen (secondary N) is 2. The summed E-state index contributed by atoms with van der Waals surface area (Å²) in [7, 11) is 1.82. The summed E-state index contributed by atoms with van der Waals surface area (Å²) in [5, 5.41) is 9.90. The van der Waals surface area contributed by atoms with Crippen LogP contribution in [0.25, 0.3) is 0 Å². The number of piperidine rings is 1. The number of anilines is 1. The molecule has 0 unspecified atom stereocenters. The van der Waals surface area contributed by atoms with E-state index in [0.717, 1.165) is 31.2 Å². The van der Waals surface area contributed by atoms with Gasteiger partial charge in [-0.1, -0.05) is 6.92 Å². The summed E-state index contributed by atoms with van der Waals surface area (Å²) >= 11 is 0. The molecular weight excluding hydrogens is 254 g/mol. The largest absolute Gasteiger partial charge is 0.337 e. The molecule has 0 aromatic carbocycles. The Bertz CT molecular complexity index is 456. The molecule has 1 aromatic rings. The number of nitrogens with zero attached hydrogens (tertiary/aromatic N) is 3. The van der Waals surface area contributed by atoms with E-state index in [9.17, 15) is 4.79 Å². The van der Waals surface area contributed by atoms with Crippen molar-refractivity contribution in [1.29, 1.82) is 0 Å². The fourth-order valence-corrected chi connectivity index (χ4v) is 2.71. The maximum Gasteiger partial charge on any atom is 0.320 e. The molecule has 1 atom stereocenters. The number of amides is 2. The SMILES string of the molecule is Cc1cc(NC(=O)NCCN2CCC[C@@H](C)C2)n(C)n1. The van der Waals surface area contributed by atoms with Gasteiger partial charge in [0.25, 0.3) is 0 Å². The highest BCUT2D eigenvalue weighted by atomic mass is 16.2. The Hall–Kier alpha value is -1.56. The van der Waals surface area contributed by atoms with Crippen molar-refractivity contribution in [1.82, 2.24) is 20.0 Å². The summed E-state index contributed by atoms with van der Waals surface area (Å²) in [5.41, 5.74) is 0.894. The summed E-state index contributed by atoms with van der Waals surface area (Å²) in [6, 6.07) is 1.68. The number of carbonyl (C=O) groups excluding carboxylic acids is 1. The molecular formula is C14H25N5O. The zero-order valence-electron chi connectivity index (χ0n) is 12.6. The molecule has 2 rings (SSSR count). The molecule has 1 saturated heterocycles. The van der Waals surface area contributed by atoms with Crippen molar-refractivity contribution in [3.8, 4) is 0 Å². The molecule has 112 valence electrons. The number of hydrogen-bond acceptors (Lipinski definition) is 3. The summed E-state index contributed by atoms with van der Waals surface area (Å²) in [4.78, 5) is 14.2. The Balaban J connectivity index is 1.69. The van der Waals surface area contributed by atoms with Crippen LogP contribution >= 0.6 is 0 Å². The van der Waals surface area contributed by atoms with Gasteiger partial charge in [0.2, 0.25) is 0 Å². The lowest BCUT2D eigenvalue weighted by Crippen LogP contribution is -2.41. The van der Waals surface area contributed by atoms with E-state index in [4.69, 9.17) is 0 Å². The van der Waals surface area contributed by atoms with Crippen LogP contribution in [0.15, 0.2) is 6.07 Å². The maximum absolute atomic E-state index is 11.8. The van der Waals surface area contributed by atoms with Gasteiger partial charge >= 0.3 is 6.03 Å². The number of carbonyl (C=O) groups is 1. The average molecular weight is 279 g/mol. The zero-order chi connectivity index (χ0) is 14.5. The molecule has 6 nitrogen and oxygen atoms in total. The third-order valence-electron chi connectivity index (χ3n) is 3.70. The monoisotopic (exact) mass is 279 g/mol. The lowest BCUT2D eigenvalue weighted by Gasteiger charge is -2.30. The summed E-state index contributed by atoms with van der Waals surface area (Å²) in [5.74, 6) is 1.49. The Morgan fingerprint density at radius 2 is 2.35 bits per heavy atom. The Kier molecular flexibility index (Phi) is 5.00. The lowest BCUT2D eigenvalue weighted by molar-refractivity contribution is 0.184. The van der Waals surface area contributed by atoms with E-state index in [2.05, 4.69) is 27.6 Å². The molecule has 6 heteroatoms. The van der Waals surface area contributed by atoms with E-state index in [1.807, 2.05) is 20.0 Å². The van der Waals surface area contributed by atoms with E-state index in [1.165, 1.54) is 12.8 Å². The smallest absolute Gasteiger partial charge is 0.320 e. The molecule has 2 N–H and O–H groups in total. The van der Waals surface area contributed by atoms with Crippen LogP contribution in [0.3, 0.4) is 0 Å². The van der Waals surface area contributed by atoms with Gasteiger partial charge in [-0.25, -0.2) is 4.79 Å². The molecule has 0 bridgehead atoms. The fourth-order valence-electron chi connectivity index (χ4n) is 2.71. The van der Waals surface area contributed by atoms with Gasteiger partial charge in [0.15, 0.2) is 0 Å². The van der Waals surface area contributed by atoms with E-state index in [1.54, 1.807) is 4.68 Å². The van der Waals surface area contributed by atoms with Gasteiger partial charge in [0.1, 0.15) is 5.82 Å².